The summed E-state index contributed by atoms with van der Waals surface area (Å²) in [7, 11) is 0. The van der Waals surface area contributed by atoms with Crippen molar-refractivity contribution in [1.29, 1.82) is 0 Å². The number of rotatable bonds is 4. The molecule has 1 aliphatic heterocycles. The Balaban J connectivity index is 1.85. The van der Waals surface area contributed by atoms with E-state index in [1.54, 1.807) is 12.3 Å². The number of nitrogens with one attached hydrogen (secondary N) is 1. The van der Waals surface area contributed by atoms with Crippen LogP contribution < -0.4 is 10.1 Å². The highest BCUT2D eigenvalue weighted by molar-refractivity contribution is 5.35. The van der Waals surface area contributed by atoms with Crippen LogP contribution in [0.3, 0.4) is 0 Å². The van der Waals surface area contributed by atoms with Gasteiger partial charge in [0.25, 0.3) is 0 Å². The number of hydrogen-bond donors (Lipinski definition) is 1. The summed E-state index contributed by atoms with van der Waals surface area (Å²) >= 11 is 0. The summed E-state index contributed by atoms with van der Waals surface area (Å²) in [4.78, 5) is 3.97. The minimum Gasteiger partial charge on any atom is -0.493 e. The van der Waals surface area contributed by atoms with E-state index >= 15 is 0 Å². The van der Waals surface area contributed by atoms with E-state index < -0.39 is 0 Å². The van der Waals surface area contributed by atoms with Crippen LogP contribution >= 0.6 is 0 Å². The first-order chi connectivity index (χ1) is 10.3. The zero-order chi connectivity index (χ0) is 14.7. The van der Waals surface area contributed by atoms with Crippen LogP contribution in [0.4, 0.5) is 4.39 Å². The first-order valence-corrected chi connectivity index (χ1v) is 7.32. The summed E-state index contributed by atoms with van der Waals surface area (Å²) in [5.41, 5.74) is 2.09. The van der Waals surface area contributed by atoms with E-state index in [1.165, 1.54) is 11.8 Å². The Morgan fingerprint density at radius 2 is 2.24 bits per heavy atom. The quantitative estimate of drug-likeness (QED) is 0.937. The molecule has 2 heterocycles. The van der Waals surface area contributed by atoms with Gasteiger partial charge >= 0.3 is 0 Å². The summed E-state index contributed by atoms with van der Waals surface area (Å²) < 4.78 is 19.3. The lowest BCUT2D eigenvalue weighted by Gasteiger charge is -2.32. The number of benzene rings is 1. The van der Waals surface area contributed by atoms with Gasteiger partial charge < -0.3 is 10.1 Å². The molecule has 1 N–H and O–H groups in total. The minimum atomic E-state index is -0.299. The van der Waals surface area contributed by atoms with Gasteiger partial charge in [0.05, 0.1) is 12.8 Å². The number of ether oxygens (including phenoxy) is 1. The minimum absolute atomic E-state index is 0.0477. The van der Waals surface area contributed by atoms with Gasteiger partial charge in [-0.3, -0.25) is 4.98 Å². The lowest BCUT2D eigenvalue weighted by molar-refractivity contribution is 0.185. The van der Waals surface area contributed by atoms with Crippen LogP contribution in [0.5, 0.6) is 5.75 Å². The van der Waals surface area contributed by atoms with Crippen LogP contribution in [-0.2, 0) is 6.42 Å². The summed E-state index contributed by atoms with van der Waals surface area (Å²) in [5, 5.41) is 3.44. The lowest BCUT2D eigenvalue weighted by Crippen LogP contribution is -2.35. The molecule has 3 rings (SSSR count). The fourth-order valence-electron chi connectivity index (χ4n) is 2.94. The molecule has 21 heavy (non-hydrogen) atoms. The smallest absolute Gasteiger partial charge is 0.141 e. The van der Waals surface area contributed by atoms with Gasteiger partial charge in [-0.15, -0.1) is 0 Å². The van der Waals surface area contributed by atoms with E-state index in [2.05, 4.69) is 23.3 Å². The monoisotopic (exact) mass is 286 g/mol. The molecule has 1 aromatic heterocycles. The van der Waals surface area contributed by atoms with Gasteiger partial charge in [0.1, 0.15) is 11.6 Å². The van der Waals surface area contributed by atoms with Crippen molar-refractivity contribution in [2.45, 2.75) is 19.4 Å². The van der Waals surface area contributed by atoms with Crippen molar-refractivity contribution < 1.29 is 9.13 Å². The Kier molecular flexibility index (Phi) is 4.15. The fourth-order valence-corrected chi connectivity index (χ4v) is 2.94. The second-order valence-electron chi connectivity index (χ2n) is 5.35. The van der Waals surface area contributed by atoms with E-state index in [4.69, 9.17) is 4.74 Å². The molecule has 2 aromatic rings. The van der Waals surface area contributed by atoms with Gasteiger partial charge in [0, 0.05) is 18.2 Å². The predicted octanol–water partition coefficient (Wildman–Crippen LogP) is 3.12. The fraction of sp³-hybridized carbons (Fsp3) is 0.353. The molecule has 0 saturated heterocycles. The first-order valence-electron chi connectivity index (χ1n) is 7.32. The maximum Gasteiger partial charge on any atom is 0.141 e. The Morgan fingerprint density at radius 1 is 1.38 bits per heavy atom. The number of nitrogens with zero attached hydrogens (tertiary/aromatic N) is 1. The molecule has 1 aliphatic rings. The summed E-state index contributed by atoms with van der Waals surface area (Å²) in [6.07, 6.45) is 3.89. The Morgan fingerprint density at radius 3 is 3.05 bits per heavy atom. The molecule has 0 aliphatic carbocycles. The number of halogens is 1. The number of para-hydroxylation sites is 1. The standard InChI is InChI=1S/C17H19FN2O/c1-2-20-17(13-8-15(18)10-19-9-13)14-7-12-5-3-4-6-16(12)21-11-14/h3-6,8-10,14,17,20H,2,7,11H2,1H3. The number of fused-ring (bicyclic) bond motifs is 1. The molecular formula is C17H19FN2O. The maximum atomic E-state index is 13.5. The number of aromatic nitrogens is 1. The van der Waals surface area contributed by atoms with Crippen LogP contribution in [-0.4, -0.2) is 18.1 Å². The van der Waals surface area contributed by atoms with Gasteiger partial charge in [0.15, 0.2) is 0 Å². The second-order valence-corrected chi connectivity index (χ2v) is 5.35. The van der Waals surface area contributed by atoms with Gasteiger partial charge in [-0.1, -0.05) is 25.1 Å². The van der Waals surface area contributed by atoms with Gasteiger partial charge in [-0.25, -0.2) is 4.39 Å². The Hall–Kier alpha value is -1.94. The van der Waals surface area contributed by atoms with Crippen molar-refractivity contribution in [3.8, 4) is 5.75 Å². The first kappa shape index (κ1) is 14.0. The van der Waals surface area contributed by atoms with Crippen molar-refractivity contribution in [1.82, 2.24) is 10.3 Å². The molecule has 0 spiro atoms. The Labute approximate surface area is 124 Å². The van der Waals surface area contributed by atoms with E-state index in [0.29, 0.717) is 6.61 Å². The molecule has 3 nitrogen and oxygen atoms in total. The van der Waals surface area contributed by atoms with Crippen LogP contribution in [0.25, 0.3) is 0 Å². The molecule has 110 valence electrons. The van der Waals surface area contributed by atoms with Crippen LogP contribution in [0.2, 0.25) is 0 Å². The topological polar surface area (TPSA) is 34.2 Å². The van der Waals surface area contributed by atoms with E-state index in [9.17, 15) is 4.39 Å². The van der Waals surface area contributed by atoms with Gasteiger partial charge in [0.2, 0.25) is 0 Å². The van der Waals surface area contributed by atoms with E-state index in [1.807, 2.05) is 18.2 Å². The molecule has 0 amide bonds. The lowest BCUT2D eigenvalue weighted by atomic mass is 9.87. The third-order valence-corrected chi connectivity index (χ3v) is 3.89. The average molecular weight is 286 g/mol. The van der Waals surface area contributed by atoms with Gasteiger partial charge in [-0.2, -0.15) is 0 Å². The summed E-state index contributed by atoms with van der Waals surface area (Å²) in [5.74, 6) is 0.928. The molecule has 2 atom stereocenters. The highest BCUT2D eigenvalue weighted by Crippen LogP contribution is 2.33. The van der Waals surface area contributed by atoms with Crippen molar-refractivity contribution in [3.05, 3.63) is 59.7 Å². The number of hydrogen-bond acceptors (Lipinski definition) is 3. The highest BCUT2D eigenvalue weighted by Gasteiger charge is 2.28. The van der Waals surface area contributed by atoms with Crippen molar-refractivity contribution >= 4 is 0 Å². The van der Waals surface area contributed by atoms with Crippen molar-refractivity contribution in [3.63, 3.8) is 0 Å². The molecule has 0 fully saturated rings. The third-order valence-electron chi connectivity index (χ3n) is 3.89. The molecule has 4 heteroatoms. The SMILES string of the molecule is CCNC(c1cncc(F)c1)C1COc2ccccc2C1. The molecule has 1 aromatic carbocycles. The molecule has 0 bridgehead atoms. The second kappa shape index (κ2) is 6.22. The molecule has 0 radical (unpaired) electrons. The largest absolute Gasteiger partial charge is 0.493 e. The normalized spacial score (nSPS) is 18.7. The average Bonchev–Trinajstić information content (AvgIpc) is 2.52. The highest BCUT2D eigenvalue weighted by atomic mass is 19.1. The third kappa shape index (κ3) is 3.05. The van der Waals surface area contributed by atoms with Crippen LogP contribution in [0.1, 0.15) is 24.1 Å². The predicted molar refractivity (Wildman–Crippen MR) is 79.7 cm³/mol. The van der Waals surface area contributed by atoms with Crippen molar-refractivity contribution in [2.75, 3.05) is 13.2 Å². The van der Waals surface area contributed by atoms with Crippen molar-refractivity contribution in [2.24, 2.45) is 5.92 Å². The van der Waals surface area contributed by atoms with E-state index in [-0.39, 0.29) is 17.8 Å². The Bertz CT molecular complexity index is 617. The maximum absolute atomic E-state index is 13.5. The van der Waals surface area contributed by atoms with Crippen LogP contribution in [0.15, 0.2) is 42.7 Å². The van der Waals surface area contributed by atoms with Crippen LogP contribution in [0, 0.1) is 11.7 Å². The van der Waals surface area contributed by atoms with E-state index in [0.717, 1.165) is 24.3 Å². The summed E-state index contributed by atoms with van der Waals surface area (Å²) in [6, 6.07) is 9.70. The van der Waals surface area contributed by atoms with Gasteiger partial charge in [-0.05, 0) is 36.2 Å². The zero-order valence-electron chi connectivity index (χ0n) is 12.1. The molecule has 0 saturated carbocycles. The number of pyridine rings is 1. The summed E-state index contributed by atoms with van der Waals surface area (Å²) in [6.45, 7) is 3.50. The molecule has 2 unspecified atom stereocenters. The molecular weight excluding hydrogens is 267 g/mol. The zero-order valence-corrected chi connectivity index (χ0v) is 12.1.